The summed E-state index contributed by atoms with van der Waals surface area (Å²) in [5.41, 5.74) is 0.768. The monoisotopic (exact) mass is 286 g/mol. The van der Waals surface area contributed by atoms with Crippen LogP contribution >= 0.6 is 39.0 Å². The molecule has 2 aromatic rings. The molecule has 0 unspecified atom stereocenters. The Kier molecular flexibility index (Phi) is 2.95. The fourth-order valence-corrected chi connectivity index (χ4v) is 4.01. The van der Waals surface area contributed by atoms with Crippen LogP contribution in [0.5, 0.6) is 0 Å². The molecule has 0 amide bonds. The van der Waals surface area contributed by atoms with Gasteiger partial charge < -0.3 is 0 Å². The molecule has 0 aliphatic carbocycles. The fourth-order valence-electron chi connectivity index (χ4n) is 1.39. The maximum atomic E-state index is 10.8. The van der Waals surface area contributed by atoms with Crippen LogP contribution < -0.4 is 0 Å². The molecule has 1 aromatic heterocycles. The van der Waals surface area contributed by atoms with E-state index in [1.54, 1.807) is 23.1 Å². The van der Waals surface area contributed by atoms with E-state index in [1.807, 2.05) is 18.4 Å². The van der Waals surface area contributed by atoms with Gasteiger partial charge in [0.1, 0.15) is 0 Å². The molecule has 0 atom stereocenters. The molecule has 0 saturated carbocycles. The highest BCUT2D eigenvalue weighted by atomic mass is 79.9. The zero-order valence-corrected chi connectivity index (χ0v) is 10.6. The SMILES string of the molecule is CSc1c(C=O)ccc2scc(Br)c12. The predicted octanol–water partition coefficient (Wildman–Crippen LogP) is 4.20. The van der Waals surface area contributed by atoms with Crippen molar-refractivity contribution in [1.82, 2.24) is 0 Å². The van der Waals surface area contributed by atoms with Gasteiger partial charge in [-0.2, -0.15) is 0 Å². The number of carbonyl (C=O) groups excluding carboxylic acids is 1. The predicted molar refractivity (Wildman–Crippen MR) is 66.7 cm³/mol. The molecule has 0 N–H and O–H groups in total. The Morgan fingerprint density at radius 1 is 1.50 bits per heavy atom. The summed E-state index contributed by atoms with van der Waals surface area (Å²) in [7, 11) is 0. The first-order valence-corrected chi connectivity index (χ1v) is 6.86. The van der Waals surface area contributed by atoms with Crippen LogP contribution in [0.4, 0.5) is 0 Å². The third-order valence-electron chi connectivity index (χ3n) is 2.01. The highest BCUT2D eigenvalue weighted by Gasteiger charge is 2.10. The zero-order chi connectivity index (χ0) is 10.1. The van der Waals surface area contributed by atoms with Gasteiger partial charge in [-0.1, -0.05) is 0 Å². The van der Waals surface area contributed by atoms with E-state index in [0.29, 0.717) is 0 Å². The Labute approximate surface area is 98.6 Å². The third-order valence-corrected chi connectivity index (χ3v) is 4.73. The molecule has 1 nitrogen and oxygen atoms in total. The number of carbonyl (C=O) groups is 1. The van der Waals surface area contributed by atoms with E-state index in [-0.39, 0.29) is 0 Å². The summed E-state index contributed by atoms with van der Waals surface area (Å²) < 4.78 is 2.29. The van der Waals surface area contributed by atoms with Crippen LogP contribution in [0.15, 0.2) is 26.9 Å². The number of fused-ring (bicyclic) bond motifs is 1. The minimum atomic E-state index is 0.768. The number of rotatable bonds is 2. The van der Waals surface area contributed by atoms with Crippen LogP contribution in [0.2, 0.25) is 0 Å². The van der Waals surface area contributed by atoms with Gasteiger partial charge in [0.2, 0.25) is 0 Å². The van der Waals surface area contributed by atoms with Crippen molar-refractivity contribution in [1.29, 1.82) is 0 Å². The van der Waals surface area contributed by atoms with Crippen molar-refractivity contribution in [3.05, 3.63) is 27.5 Å². The van der Waals surface area contributed by atoms with Crippen molar-refractivity contribution >= 4 is 55.4 Å². The lowest BCUT2D eigenvalue weighted by atomic mass is 10.2. The van der Waals surface area contributed by atoms with Gasteiger partial charge in [-0.05, 0) is 34.3 Å². The van der Waals surface area contributed by atoms with Crippen molar-refractivity contribution < 1.29 is 4.79 Å². The molecule has 2 rings (SSSR count). The standard InChI is InChI=1S/C10H7BrOS2/c1-13-10-6(4-12)2-3-8-9(10)7(11)5-14-8/h2-5H,1H3. The van der Waals surface area contributed by atoms with E-state index in [1.165, 1.54) is 4.70 Å². The average Bonchev–Trinajstić information content (AvgIpc) is 2.59. The lowest BCUT2D eigenvalue weighted by Gasteiger charge is -2.03. The molecule has 0 fully saturated rings. The number of hydrogen-bond acceptors (Lipinski definition) is 3. The van der Waals surface area contributed by atoms with Crippen molar-refractivity contribution in [3.63, 3.8) is 0 Å². The van der Waals surface area contributed by atoms with Crippen molar-refractivity contribution in [3.8, 4) is 0 Å². The largest absolute Gasteiger partial charge is 0.298 e. The van der Waals surface area contributed by atoms with Gasteiger partial charge >= 0.3 is 0 Å². The van der Waals surface area contributed by atoms with Crippen molar-refractivity contribution in [2.75, 3.05) is 6.26 Å². The number of thioether (sulfide) groups is 1. The van der Waals surface area contributed by atoms with Gasteiger partial charge in [0.05, 0.1) is 0 Å². The molecular weight excluding hydrogens is 280 g/mol. The van der Waals surface area contributed by atoms with E-state index >= 15 is 0 Å². The molecule has 0 aliphatic rings. The molecule has 1 aromatic carbocycles. The summed E-state index contributed by atoms with van der Waals surface area (Å²) in [4.78, 5) is 11.9. The molecule has 0 aliphatic heterocycles. The van der Waals surface area contributed by atoms with Crippen LogP contribution in [0, 0.1) is 0 Å². The number of halogens is 1. The van der Waals surface area contributed by atoms with E-state index in [2.05, 4.69) is 21.3 Å². The van der Waals surface area contributed by atoms with Crippen LogP contribution in [-0.2, 0) is 0 Å². The first kappa shape index (κ1) is 10.2. The van der Waals surface area contributed by atoms with Gasteiger partial charge in [-0.3, -0.25) is 4.79 Å². The summed E-state index contributed by atoms with van der Waals surface area (Å²) in [6, 6.07) is 3.87. The van der Waals surface area contributed by atoms with E-state index < -0.39 is 0 Å². The molecular formula is C10H7BrOS2. The Balaban J connectivity index is 2.87. The molecule has 0 radical (unpaired) electrons. The molecule has 0 spiro atoms. The van der Waals surface area contributed by atoms with Gasteiger partial charge in [-0.15, -0.1) is 23.1 Å². The Morgan fingerprint density at radius 2 is 2.29 bits per heavy atom. The molecule has 0 saturated heterocycles. The van der Waals surface area contributed by atoms with E-state index in [9.17, 15) is 4.79 Å². The Hall–Kier alpha value is -0.320. The number of aldehydes is 1. The van der Waals surface area contributed by atoms with Gasteiger partial charge in [-0.25, -0.2) is 0 Å². The van der Waals surface area contributed by atoms with Crippen LogP contribution in [0.25, 0.3) is 10.1 Å². The molecule has 0 bridgehead atoms. The summed E-state index contributed by atoms with van der Waals surface area (Å²) in [6.07, 6.45) is 2.90. The third kappa shape index (κ3) is 1.51. The summed E-state index contributed by atoms with van der Waals surface area (Å²) in [5, 5.41) is 3.21. The first-order chi connectivity index (χ1) is 6.77. The highest BCUT2D eigenvalue weighted by Crippen LogP contribution is 2.38. The number of benzene rings is 1. The summed E-state index contributed by atoms with van der Waals surface area (Å²) in [6.45, 7) is 0. The second-order valence-electron chi connectivity index (χ2n) is 2.76. The number of hydrogen-bond donors (Lipinski definition) is 0. The molecule has 1 heterocycles. The van der Waals surface area contributed by atoms with Gasteiger partial charge in [0.15, 0.2) is 6.29 Å². The summed E-state index contributed by atoms with van der Waals surface area (Å²) in [5.74, 6) is 0. The quantitative estimate of drug-likeness (QED) is 0.608. The molecule has 72 valence electrons. The topological polar surface area (TPSA) is 17.1 Å². The molecule has 4 heteroatoms. The van der Waals surface area contributed by atoms with Gasteiger partial charge in [0.25, 0.3) is 0 Å². The zero-order valence-electron chi connectivity index (χ0n) is 7.41. The Bertz CT molecular complexity index is 490. The summed E-state index contributed by atoms with van der Waals surface area (Å²) >= 11 is 6.80. The second kappa shape index (κ2) is 4.04. The maximum Gasteiger partial charge on any atom is 0.151 e. The lowest BCUT2D eigenvalue weighted by Crippen LogP contribution is -1.84. The fraction of sp³-hybridized carbons (Fsp3) is 0.100. The normalized spacial score (nSPS) is 10.7. The first-order valence-electron chi connectivity index (χ1n) is 3.96. The minimum absolute atomic E-state index is 0.768. The lowest BCUT2D eigenvalue weighted by molar-refractivity contribution is 0.112. The van der Waals surface area contributed by atoms with Crippen molar-refractivity contribution in [2.24, 2.45) is 0 Å². The second-order valence-corrected chi connectivity index (χ2v) is 5.34. The Morgan fingerprint density at radius 3 is 2.93 bits per heavy atom. The van der Waals surface area contributed by atoms with Crippen LogP contribution in [0.3, 0.4) is 0 Å². The molecule has 14 heavy (non-hydrogen) atoms. The minimum Gasteiger partial charge on any atom is -0.298 e. The van der Waals surface area contributed by atoms with E-state index in [0.717, 1.165) is 26.6 Å². The van der Waals surface area contributed by atoms with Crippen molar-refractivity contribution in [2.45, 2.75) is 4.90 Å². The van der Waals surface area contributed by atoms with Crippen LogP contribution in [0.1, 0.15) is 10.4 Å². The van der Waals surface area contributed by atoms with E-state index in [4.69, 9.17) is 0 Å². The smallest absolute Gasteiger partial charge is 0.151 e. The maximum absolute atomic E-state index is 10.8. The van der Waals surface area contributed by atoms with Gasteiger partial charge in [0, 0.05) is 30.4 Å². The average molecular weight is 287 g/mol. The number of thiophene rings is 1. The van der Waals surface area contributed by atoms with Crippen LogP contribution in [-0.4, -0.2) is 12.5 Å². The highest BCUT2D eigenvalue weighted by molar-refractivity contribution is 9.10.